The van der Waals surface area contributed by atoms with Gasteiger partial charge in [-0.1, -0.05) is 48.5 Å². The zero-order valence-electron chi connectivity index (χ0n) is 17.6. The highest BCUT2D eigenvalue weighted by Gasteiger charge is 2.22. The van der Waals surface area contributed by atoms with E-state index in [1.165, 1.54) is 25.3 Å². The van der Waals surface area contributed by atoms with Gasteiger partial charge in [-0.05, 0) is 42.8 Å². The van der Waals surface area contributed by atoms with E-state index in [2.05, 4.69) is 10.6 Å². The van der Waals surface area contributed by atoms with Gasteiger partial charge in [-0.25, -0.2) is 4.79 Å². The predicted molar refractivity (Wildman–Crippen MR) is 126 cm³/mol. The molecule has 2 heterocycles. The molecule has 2 aromatic heterocycles. The molecular formula is C25H20N2O5S. The van der Waals surface area contributed by atoms with Gasteiger partial charge in [0.15, 0.2) is 11.9 Å². The molecule has 2 N–H and O–H groups in total. The van der Waals surface area contributed by atoms with E-state index in [0.29, 0.717) is 10.7 Å². The average molecular weight is 461 g/mol. The lowest BCUT2D eigenvalue weighted by molar-refractivity contribution is -0.123. The average Bonchev–Trinajstić information content (AvgIpc) is 3.52. The van der Waals surface area contributed by atoms with Crippen LogP contribution < -0.4 is 10.6 Å². The molecule has 0 saturated carbocycles. The summed E-state index contributed by atoms with van der Waals surface area (Å²) in [5.74, 6) is -1.37. The molecule has 7 nitrogen and oxygen atoms in total. The summed E-state index contributed by atoms with van der Waals surface area (Å²) < 4.78 is 10.4. The summed E-state index contributed by atoms with van der Waals surface area (Å²) in [5.41, 5.74) is 2.44. The van der Waals surface area contributed by atoms with Crippen molar-refractivity contribution in [2.24, 2.45) is 0 Å². The van der Waals surface area contributed by atoms with Gasteiger partial charge in [-0.15, -0.1) is 11.3 Å². The molecule has 33 heavy (non-hydrogen) atoms. The number of carbonyl (C=O) groups excluding carboxylic acids is 3. The van der Waals surface area contributed by atoms with Crippen molar-refractivity contribution >= 4 is 39.8 Å². The highest BCUT2D eigenvalue weighted by molar-refractivity contribution is 7.18. The van der Waals surface area contributed by atoms with Gasteiger partial charge >= 0.3 is 5.97 Å². The molecule has 2 aromatic carbocycles. The maximum Gasteiger partial charge on any atom is 0.349 e. The monoisotopic (exact) mass is 460 g/mol. The van der Waals surface area contributed by atoms with Crippen molar-refractivity contribution in [2.75, 3.05) is 10.6 Å². The molecule has 0 spiro atoms. The first-order valence-corrected chi connectivity index (χ1v) is 10.9. The Morgan fingerprint density at radius 3 is 2.39 bits per heavy atom. The minimum Gasteiger partial charge on any atom is -0.459 e. The summed E-state index contributed by atoms with van der Waals surface area (Å²) in [6.45, 7) is 1.51. The van der Waals surface area contributed by atoms with Gasteiger partial charge in [-0.2, -0.15) is 0 Å². The summed E-state index contributed by atoms with van der Waals surface area (Å²) in [5, 5.41) is 5.94. The molecule has 8 heteroatoms. The van der Waals surface area contributed by atoms with Crippen LogP contribution in [0.25, 0.3) is 11.1 Å². The van der Waals surface area contributed by atoms with Gasteiger partial charge in [-0.3, -0.25) is 9.59 Å². The second-order valence-electron chi connectivity index (χ2n) is 7.04. The number of thiophene rings is 1. The van der Waals surface area contributed by atoms with Crippen LogP contribution in [0.3, 0.4) is 0 Å². The van der Waals surface area contributed by atoms with Crippen LogP contribution in [0.1, 0.15) is 27.2 Å². The normalized spacial score (nSPS) is 11.4. The minimum absolute atomic E-state index is 0.161. The van der Waals surface area contributed by atoms with E-state index in [-0.39, 0.29) is 10.6 Å². The number of furan rings is 1. The highest BCUT2D eigenvalue weighted by atomic mass is 32.1. The van der Waals surface area contributed by atoms with Crippen LogP contribution in [0.2, 0.25) is 0 Å². The molecule has 166 valence electrons. The van der Waals surface area contributed by atoms with Gasteiger partial charge in [0.05, 0.1) is 11.3 Å². The van der Waals surface area contributed by atoms with E-state index in [9.17, 15) is 14.4 Å². The fourth-order valence-corrected chi connectivity index (χ4v) is 3.85. The van der Waals surface area contributed by atoms with Gasteiger partial charge in [0.1, 0.15) is 4.88 Å². The van der Waals surface area contributed by atoms with Gasteiger partial charge in [0.25, 0.3) is 11.8 Å². The Morgan fingerprint density at radius 2 is 1.64 bits per heavy atom. The molecule has 0 bridgehead atoms. The highest BCUT2D eigenvalue weighted by Crippen LogP contribution is 2.28. The van der Waals surface area contributed by atoms with Gasteiger partial charge in [0, 0.05) is 11.3 Å². The van der Waals surface area contributed by atoms with Crippen LogP contribution in [-0.4, -0.2) is 23.9 Å². The van der Waals surface area contributed by atoms with Crippen LogP contribution in [0.4, 0.5) is 10.7 Å². The second-order valence-corrected chi connectivity index (χ2v) is 8.13. The van der Waals surface area contributed by atoms with E-state index in [1.54, 1.807) is 18.2 Å². The first kappa shape index (κ1) is 22.0. The summed E-state index contributed by atoms with van der Waals surface area (Å²) in [6.07, 6.45) is 0.376. The van der Waals surface area contributed by atoms with Gasteiger partial charge in [0.2, 0.25) is 0 Å². The SMILES string of the molecule is CC(OC(=O)c1ccc(NC(=O)c2ccco2)s1)C(=O)Nc1ccccc1-c1ccccc1. The third-order valence-corrected chi connectivity index (χ3v) is 5.69. The third kappa shape index (κ3) is 5.36. The van der Waals surface area contributed by atoms with Crippen molar-refractivity contribution in [3.8, 4) is 11.1 Å². The summed E-state index contributed by atoms with van der Waals surface area (Å²) in [4.78, 5) is 37.5. The van der Waals surface area contributed by atoms with Crippen molar-refractivity contribution in [1.29, 1.82) is 0 Å². The van der Waals surface area contributed by atoms with Crippen LogP contribution in [0, 0.1) is 0 Å². The quantitative estimate of drug-likeness (QED) is 0.358. The molecule has 0 saturated heterocycles. The third-order valence-electron chi connectivity index (χ3n) is 4.71. The maximum absolute atomic E-state index is 12.7. The molecule has 2 amide bonds. The lowest BCUT2D eigenvalue weighted by atomic mass is 10.0. The Morgan fingerprint density at radius 1 is 0.879 bits per heavy atom. The number of nitrogens with one attached hydrogen (secondary N) is 2. The smallest absolute Gasteiger partial charge is 0.349 e. The number of esters is 1. The predicted octanol–water partition coefficient (Wildman–Crippen LogP) is 5.44. The molecule has 0 aliphatic carbocycles. The van der Waals surface area contributed by atoms with E-state index >= 15 is 0 Å². The van der Waals surface area contributed by atoms with Crippen LogP contribution in [0.15, 0.2) is 89.5 Å². The molecule has 1 unspecified atom stereocenters. The zero-order valence-corrected chi connectivity index (χ0v) is 18.4. The molecule has 4 rings (SSSR count). The molecule has 0 fully saturated rings. The Bertz CT molecular complexity index is 1260. The summed E-state index contributed by atoms with van der Waals surface area (Å²) >= 11 is 1.04. The molecule has 0 radical (unpaired) electrons. The lowest BCUT2D eigenvalue weighted by Gasteiger charge is -2.15. The second kappa shape index (κ2) is 9.97. The van der Waals surface area contributed by atoms with Crippen molar-refractivity contribution < 1.29 is 23.5 Å². The number of anilines is 2. The van der Waals surface area contributed by atoms with Gasteiger partial charge < -0.3 is 19.8 Å². The largest absolute Gasteiger partial charge is 0.459 e. The molecule has 0 aliphatic rings. The van der Waals surface area contributed by atoms with Crippen molar-refractivity contribution in [3.05, 3.63) is 95.8 Å². The van der Waals surface area contributed by atoms with Crippen molar-refractivity contribution in [1.82, 2.24) is 0 Å². The number of hydrogen-bond donors (Lipinski definition) is 2. The first-order chi connectivity index (χ1) is 16.0. The number of ether oxygens (including phenoxy) is 1. The Hall–Kier alpha value is -4.17. The summed E-state index contributed by atoms with van der Waals surface area (Å²) in [6, 6.07) is 23.3. The number of para-hydroxylation sites is 1. The number of hydrogen-bond acceptors (Lipinski definition) is 6. The van der Waals surface area contributed by atoms with E-state index < -0.39 is 23.9 Å². The number of carbonyl (C=O) groups is 3. The van der Waals surface area contributed by atoms with E-state index in [4.69, 9.17) is 9.15 Å². The number of benzene rings is 2. The van der Waals surface area contributed by atoms with Crippen molar-refractivity contribution in [2.45, 2.75) is 13.0 Å². The Balaban J connectivity index is 1.38. The fourth-order valence-electron chi connectivity index (χ4n) is 3.06. The van der Waals surface area contributed by atoms with Crippen LogP contribution in [-0.2, 0) is 9.53 Å². The number of amides is 2. The lowest BCUT2D eigenvalue weighted by Crippen LogP contribution is -2.30. The molecule has 4 aromatic rings. The Kier molecular flexibility index (Phi) is 6.66. The molecule has 1 atom stereocenters. The van der Waals surface area contributed by atoms with Crippen LogP contribution in [0.5, 0.6) is 0 Å². The first-order valence-electron chi connectivity index (χ1n) is 10.1. The maximum atomic E-state index is 12.7. The topological polar surface area (TPSA) is 97.6 Å². The fraction of sp³-hybridized carbons (Fsp3) is 0.0800. The summed E-state index contributed by atoms with van der Waals surface area (Å²) in [7, 11) is 0. The molecule has 0 aliphatic heterocycles. The van der Waals surface area contributed by atoms with E-state index in [1.807, 2.05) is 48.5 Å². The number of rotatable bonds is 7. The standard InChI is InChI=1S/C25H20N2O5S/c1-16(23(28)26-19-11-6-5-10-18(19)17-8-3-2-4-9-17)32-25(30)21-13-14-22(33-21)27-24(29)20-12-7-15-31-20/h2-16H,1H3,(H,26,28)(H,27,29). The van der Waals surface area contributed by atoms with E-state index in [0.717, 1.165) is 22.5 Å². The molecular weight excluding hydrogens is 440 g/mol. The zero-order chi connectivity index (χ0) is 23.2. The van der Waals surface area contributed by atoms with Crippen molar-refractivity contribution in [3.63, 3.8) is 0 Å². The Labute approximate surface area is 194 Å². The van der Waals surface area contributed by atoms with Crippen LogP contribution >= 0.6 is 11.3 Å². The minimum atomic E-state index is -1.02.